The summed E-state index contributed by atoms with van der Waals surface area (Å²) in [6, 6.07) is 0.466. The van der Waals surface area contributed by atoms with Crippen molar-refractivity contribution >= 4 is 5.91 Å². The van der Waals surface area contributed by atoms with Crippen molar-refractivity contribution in [2.45, 2.75) is 31.3 Å². The van der Waals surface area contributed by atoms with Crippen LogP contribution >= 0.6 is 0 Å². The molecule has 3 heteroatoms. The van der Waals surface area contributed by atoms with Gasteiger partial charge in [0, 0.05) is 37.9 Å². The summed E-state index contributed by atoms with van der Waals surface area (Å²) in [6.07, 6.45) is -3.76. The topological polar surface area (TPSA) is 32.3 Å². The van der Waals surface area contributed by atoms with Crippen molar-refractivity contribution in [3.63, 3.8) is 0 Å². The van der Waals surface area contributed by atoms with E-state index in [2.05, 4.69) is 5.32 Å². The second kappa shape index (κ2) is 2.22. The number of piperidine rings is 1. The molecule has 3 nitrogen and oxygen atoms in total. The summed E-state index contributed by atoms with van der Waals surface area (Å²) in [5, 5.41) is 3.23. The lowest BCUT2D eigenvalue weighted by Crippen LogP contribution is -2.67. The maximum atomic E-state index is 12.1. The number of fused-ring (bicyclic) bond motifs is 2. The third-order valence-corrected chi connectivity index (χ3v) is 2.67. The summed E-state index contributed by atoms with van der Waals surface area (Å²) in [4.78, 5) is 13.5. The number of nitrogens with one attached hydrogen (secondary N) is 1. The molecule has 66 valence electrons. The number of hydrogen-bond acceptors (Lipinski definition) is 2. The molecule has 2 atom stereocenters. The number of rotatable bonds is 1. The van der Waals surface area contributed by atoms with Gasteiger partial charge in [0.25, 0.3) is 0 Å². The van der Waals surface area contributed by atoms with Crippen molar-refractivity contribution in [3.8, 4) is 0 Å². The Balaban J connectivity index is 1.80. The van der Waals surface area contributed by atoms with E-state index in [0.717, 1.165) is 6.42 Å². The molecular formula is C9H14N2O. The van der Waals surface area contributed by atoms with E-state index in [4.69, 9.17) is 6.85 Å². The highest BCUT2D eigenvalue weighted by molar-refractivity contribution is 5.81. The van der Waals surface area contributed by atoms with Gasteiger partial charge < -0.3 is 10.2 Å². The number of amides is 1. The van der Waals surface area contributed by atoms with Gasteiger partial charge in [-0.2, -0.15) is 0 Å². The van der Waals surface area contributed by atoms with Gasteiger partial charge >= 0.3 is 0 Å². The minimum absolute atomic E-state index is 0.233. The van der Waals surface area contributed by atoms with Gasteiger partial charge in [-0.3, -0.25) is 4.79 Å². The molecule has 0 spiro atoms. The Morgan fingerprint density at radius 2 is 2.08 bits per heavy atom. The van der Waals surface area contributed by atoms with Gasteiger partial charge in [0.15, 0.2) is 0 Å². The minimum Gasteiger partial charge on any atom is -0.339 e. The zero-order valence-electron chi connectivity index (χ0n) is 11.6. The third kappa shape index (κ3) is 0.959. The molecule has 3 aliphatic heterocycles. The number of hydrogen-bond donors (Lipinski definition) is 1. The normalized spacial score (nSPS) is 56.3. The summed E-state index contributed by atoms with van der Waals surface area (Å²) >= 11 is 0. The maximum Gasteiger partial charge on any atom is 0.225 e. The lowest BCUT2D eigenvalue weighted by molar-refractivity contribution is -0.136. The molecule has 0 aromatic carbocycles. The van der Waals surface area contributed by atoms with Crippen LogP contribution in [-0.2, 0) is 4.79 Å². The monoisotopic (exact) mass is 171 g/mol. The average molecular weight is 171 g/mol. The Hall–Kier alpha value is -0.570. The summed E-state index contributed by atoms with van der Waals surface area (Å²) in [5.41, 5.74) is 0. The van der Waals surface area contributed by atoms with Crippen LogP contribution in [-0.4, -0.2) is 36.0 Å². The third-order valence-electron chi connectivity index (χ3n) is 2.67. The summed E-state index contributed by atoms with van der Waals surface area (Å²) < 4.78 is 37.6. The summed E-state index contributed by atoms with van der Waals surface area (Å²) in [6.45, 7) is 0.921. The predicted molar refractivity (Wildman–Crippen MR) is 44.6 cm³/mol. The fourth-order valence-corrected chi connectivity index (χ4v) is 1.98. The van der Waals surface area contributed by atoms with E-state index in [9.17, 15) is 4.79 Å². The summed E-state index contributed by atoms with van der Waals surface area (Å²) in [5.74, 6) is -2.97. The molecule has 2 unspecified atom stereocenters. The van der Waals surface area contributed by atoms with E-state index >= 15 is 0 Å². The Morgan fingerprint density at radius 3 is 2.58 bits per heavy atom. The number of carbonyl (C=O) groups excluding carboxylic acids is 1. The first-order valence-corrected chi connectivity index (χ1v) is 4.27. The molecule has 0 aromatic heterocycles. The smallest absolute Gasteiger partial charge is 0.225 e. The van der Waals surface area contributed by atoms with E-state index < -0.39 is 24.5 Å². The van der Waals surface area contributed by atoms with Crippen LogP contribution in [0.1, 0.15) is 26.0 Å². The Morgan fingerprint density at radius 1 is 1.50 bits per heavy atom. The minimum atomic E-state index is -2.38. The van der Waals surface area contributed by atoms with Crippen LogP contribution in [0.3, 0.4) is 0 Å². The first kappa shape index (κ1) is 3.66. The van der Waals surface area contributed by atoms with Crippen molar-refractivity contribution in [3.05, 3.63) is 0 Å². The van der Waals surface area contributed by atoms with Gasteiger partial charge in [0.1, 0.15) is 0 Å². The highest BCUT2D eigenvalue weighted by Crippen LogP contribution is 2.33. The molecule has 3 heterocycles. The molecule has 0 radical (unpaired) electrons. The van der Waals surface area contributed by atoms with Crippen molar-refractivity contribution in [1.29, 1.82) is 0 Å². The number of nitrogens with zero attached hydrogens (tertiary/aromatic N) is 1. The predicted octanol–water partition coefficient (Wildman–Crippen LogP) is -0.0309. The molecule has 1 saturated carbocycles. The van der Waals surface area contributed by atoms with Crippen molar-refractivity contribution in [1.82, 2.24) is 10.2 Å². The highest BCUT2D eigenvalue weighted by atomic mass is 16.2. The van der Waals surface area contributed by atoms with Crippen LogP contribution in [0.25, 0.3) is 0 Å². The van der Waals surface area contributed by atoms with E-state index in [1.807, 2.05) is 0 Å². The molecule has 1 aliphatic carbocycles. The van der Waals surface area contributed by atoms with E-state index in [-0.39, 0.29) is 12.1 Å². The van der Waals surface area contributed by atoms with Gasteiger partial charge in [-0.05, 0) is 19.2 Å². The van der Waals surface area contributed by atoms with Gasteiger partial charge in [-0.1, -0.05) is 0 Å². The fourth-order valence-electron chi connectivity index (χ4n) is 1.98. The van der Waals surface area contributed by atoms with Gasteiger partial charge in [0.05, 0.1) is 0 Å². The molecule has 12 heavy (non-hydrogen) atoms. The quantitative estimate of drug-likeness (QED) is 0.601. The maximum absolute atomic E-state index is 12.1. The second-order valence-corrected chi connectivity index (χ2v) is 3.63. The molecule has 3 saturated heterocycles. The van der Waals surface area contributed by atoms with Crippen LogP contribution < -0.4 is 5.32 Å². The molecule has 4 aliphatic rings. The lowest BCUT2D eigenvalue weighted by atomic mass is 9.91. The molecular weight excluding hydrogens is 152 g/mol. The zero-order chi connectivity index (χ0) is 12.6. The number of carbonyl (C=O) groups is 1. The van der Waals surface area contributed by atoms with Crippen LogP contribution in [0, 0.1) is 5.89 Å². The number of piperazine rings is 1. The van der Waals surface area contributed by atoms with Crippen LogP contribution in [0.15, 0.2) is 0 Å². The van der Waals surface area contributed by atoms with Gasteiger partial charge in [-0.25, -0.2) is 0 Å². The Kier molecular flexibility index (Phi) is 0.678. The van der Waals surface area contributed by atoms with Crippen molar-refractivity contribution < 1.29 is 11.6 Å². The van der Waals surface area contributed by atoms with Crippen LogP contribution in [0.4, 0.5) is 0 Å². The molecule has 0 aromatic rings. The molecule has 1 amide bonds. The lowest BCUT2D eigenvalue weighted by Gasteiger charge is -2.48. The van der Waals surface area contributed by atoms with Gasteiger partial charge in [0.2, 0.25) is 5.91 Å². The largest absolute Gasteiger partial charge is 0.339 e. The first-order chi connectivity index (χ1) is 7.72. The van der Waals surface area contributed by atoms with Crippen molar-refractivity contribution in [2.75, 3.05) is 13.1 Å². The van der Waals surface area contributed by atoms with Gasteiger partial charge in [-0.15, -0.1) is 0 Å². The van der Waals surface area contributed by atoms with E-state index in [0.29, 0.717) is 13.1 Å². The fraction of sp³-hybridized carbons (Fsp3) is 0.889. The van der Waals surface area contributed by atoms with Crippen LogP contribution in [0.2, 0.25) is 0 Å². The van der Waals surface area contributed by atoms with E-state index in [1.54, 1.807) is 0 Å². The SMILES string of the molecule is [2H]C1([2H])C([2H])([2H])C1([2H])C(=O)N1CC2CC(C1)N2. The molecule has 4 fully saturated rings. The van der Waals surface area contributed by atoms with E-state index in [1.165, 1.54) is 4.90 Å². The van der Waals surface area contributed by atoms with Crippen LogP contribution in [0.5, 0.6) is 0 Å². The molecule has 4 rings (SSSR count). The molecule has 2 bridgehead atoms. The summed E-state index contributed by atoms with van der Waals surface area (Å²) in [7, 11) is 0. The second-order valence-electron chi connectivity index (χ2n) is 3.63. The zero-order valence-corrected chi connectivity index (χ0v) is 6.63. The average Bonchev–Trinajstić information content (AvgIpc) is 2.55. The Bertz CT molecular complexity index is 369. The first-order valence-electron chi connectivity index (χ1n) is 6.77. The molecule has 1 N–H and O–H groups in total. The van der Waals surface area contributed by atoms with Crippen molar-refractivity contribution in [2.24, 2.45) is 5.89 Å². The Labute approximate surface area is 79.1 Å². The highest BCUT2D eigenvalue weighted by Gasteiger charge is 2.42. The standard InChI is InChI=1S/C9H14N2O/c12-9(6-1-2-6)11-4-7-3-8(5-11)10-7/h6-8,10H,1-5H2/i1D2,2D2,6D.